The topological polar surface area (TPSA) is 47.1 Å². The lowest BCUT2D eigenvalue weighted by Crippen LogP contribution is -2.64. The van der Waals surface area contributed by atoms with Gasteiger partial charge in [-0.3, -0.25) is 19.6 Å². The number of fused-ring (bicyclic) bond motifs is 9. The molecule has 4 amide bonds. The Morgan fingerprint density at radius 3 is 1.14 bits per heavy atom. The molecule has 4 aliphatic heterocycles. The van der Waals surface area contributed by atoms with Crippen molar-refractivity contribution in [3.05, 3.63) is 0 Å². The molecule has 122 valence electrons. The van der Waals surface area contributed by atoms with E-state index in [0.717, 1.165) is 64.7 Å². The molecule has 0 aromatic carbocycles. The molecule has 0 radical (unpaired) electrons. The molecular weight excluding hydrogens is 280 g/mol. The first-order chi connectivity index (χ1) is 10.5. The van der Waals surface area contributed by atoms with Crippen LogP contribution in [-0.2, 0) is 0 Å². The Hall–Kier alpha value is -1.46. The van der Waals surface area contributed by atoms with E-state index in [4.69, 9.17) is 0 Å². The van der Waals surface area contributed by atoms with Gasteiger partial charge in [0.05, 0.1) is 0 Å². The van der Waals surface area contributed by atoms with Crippen molar-refractivity contribution in [2.75, 3.05) is 26.2 Å². The number of rotatable bonds is 0. The molecule has 0 aromatic rings. The highest BCUT2D eigenvalue weighted by atomic mass is 16.2. The van der Waals surface area contributed by atoms with Crippen LogP contribution in [0, 0.1) is 0 Å². The summed E-state index contributed by atoms with van der Waals surface area (Å²) in [6, 6.07) is 0.237. The fourth-order valence-corrected chi connectivity index (χ4v) is 5.04. The van der Waals surface area contributed by atoms with E-state index < -0.39 is 11.3 Å². The van der Waals surface area contributed by atoms with E-state index in [1.165, 1.54) is 0 Å². The van der Waals surface area contributed by atoms with Crippen LogP contribution < -0.4 is 0 Å². The first kappa shape index (κ1) is 14.2. The van der Waals surface area contributed by atoms with Gasteiger partial charge in [-0.1, -0.05) is 0 Å². The number of hydrogen-bond donors (Lipinski definition) is 0. The summed E-state index contributed by atoms with van der Waals surface area (Å²) < 4.78 is 0. The second-order valence-corrected chi connectivity index (χ2v) is 7.33. The minimum atomic E-state index is -0.532. The van der Waals surface area contributed by atoms with Gasteiger partial charge >= 0.3 is 12.1 Å². The van der Waals surface area contributed by atoms with E-state index in [2.05, 4.69) is 13.8 Å². The number of carbonyl (C=O) groups is 2. The summed E-state index contributed by atoms with van der Waals surface area (Å²) in [4.78, 5) is 33.9. The maximum atomic E-state index is 13.0. The zero-order valence-electron chi connectivity index (χ0n) is 13.7. The predicted molar refractivity (Wildman–Crippen MR) is 82.1 cm³/mol. The van der Waals surface area contributed by atoms with Crippen molar-refractivity contribution in [3.8, 4) is 0 Å². The zero-order chi connectivity index (χ0) is 15.5. The first-order valence-corrected chi connectivity index (χ1v) is 8.71. The van der Waals surface area contributed by atoms with Crippen LogP contribution in [0.4, 0.5) is 9.59 Å². The van der Waals surface area contributed by atoms with Crippen LogP contribution in [0.25, 0.3) is 0 Å². The van der Waals surface area contributed by atoms with Crippen molar-refractivity contribution in [2.45, 2.75) is 63.7 Å². The average molecular weight is 306 g/mol. The Bertz CT molecular complexity index is 442. The Balaban J connectivity index is 1.89. The van der Waals surface area contributed by atoms with Crippen molar-refractivity contribution in [2.24, 2.45) is 0 Å². The van der Waals surface area contributed by atoms with Gasteiger partial charge in [-0.2, -0.15) is 0 Å². The summed E-state index contributed by atoms with van der Waals surface area (Å²) in [5.41, 5.74) is -1.06. The lowest BCUT2D eigenvalue weighted by molar-refractivity contribution is -0.0342. The average Bonchev–Trinajstić information content (AvgIpc) is 2.75. The Labute approximate surface area is 132 Å². The molecule has 0 N–H and O–H groups in total. The molecule has 0 unspecified atom stereocenters. The molecule has 6 nitrogen and oxygen atoms in total. The molecule has 0 spiro atoms. The summed E-state index contributed by atoms with van der Waals surface area (Å²) in [6.07, 6.45) is 6.45. The van der Waals surface area contributed by atoms with Crippen LogP contribution in [-0.4, -0.2) is 69.2 Å². The molecule has 6 heteroatoms. The summed E-state index contributed by atoms with van der Waals surface area (Å²) in [7, 11) is 0. The SMILES string of the molecule is CC12N3CCCCCN(C3=O)C1(C)N1CCCCCN2C1=O. The minimum absolute atomic E-state index is 0.118. The molecule has 22 heavy (non-hydrogen) atoms. The fraction of sp³-hybridized carbons (Fsp3) is 0.875. The van der Waals surface area contributed by atoms with E-state index in [0.29, 0.717) is 0 Å². The van der Waals surface area contributed by atoms with Crippen LogP contribution in [0.2, 0.25) is 0 Å². The number of nitrogens with zero attached hydrogens (tertiary/aromatic N) is 4. The van der Waals surface area contributed by atoms with E-state index in [1.54, 1.807) is 0 Å². The van der Waals surface area contributed by atoms with Crippen LogP contribution in [0.5, 0.6) is 0 Å². The molecule has 4 aliphatic rings. The molecule has 4 bridgehead atoms. The van der Waals surface area contributed by atoms with Gasteiger partial charge < -0.3 is 0 Å². The maximum absolute atomic E-state index is 13.0. The van der Waals surface area contributed by atoms with E-state index in [1.807, 2.05) is 19.6 Å². The van der Waals surface area contributed by atoms with Crippen LogP contribution >= 0.6 is 0 Å². The second-order valence-electron chi connectivity index (χ2n) is 7.33. The lowest BCUT2D eigenvalue weighted by atomic mass is 9.95. The van der Waals surface area contributed by atoms with Crippen LogP contribution in [0.1, 0.15) is 52.4 Å². The third kappa shape index (κ3) is 1.41. The standard InChI is InChI=1S/C16H26N4O2/c1-15-16(2,19-11-7-3-5-9-17(15)13(19)21)20-12-8-4-6-10-18(15)14(20)22/h3-12H2,1-2H3. The van der Waals surface area contributed by atoms with Crippen molar-refractivity contribution in [1.29, 1.82) is 0 Å². The highest BCUT2D eigenvalue weighted by Crippen LogP contribution is 2.52. The van der Waals surface area contributed by atoms with Gasteiger partial charge in [-0.05, 0) is 52.4 Å². The molecule has 0 saturated carbocycles. The van der Waals surface area contributed by atoms with Gasteiger partial charge in [0.1, 0.15) is 0 Å². The quantitative estimate of drug-likeness (QED) is 0.689. The fourth-order valence-electron chi connectivity index (χ4n) is 5.04. The first-order valence-electron chi connectivity index (χ1n) is 8.71. The van der Waals surface area contributed by atoms with E-state index >= 15 is 0 Å². The van der Waals surface area contributed by atoms with E-state index in [-0.39, 0.29) is 12.1 Å². The van der Waals surface area contributed by atoms with Crippen LogP contribution in [0.3, 0.4) is 0 Å². The summed E-state index contributed by atoms with van der Waals surface area (Å²) in [5, 5.41) is 0. The van der Waals surface area contributed by atoms with Gasteiger partial charge in [-0.15, -0.1) is 0 Å². The summed E-state index contributed by atoms with van der Waals surface area (Å²) in [5.74, 6) is 0. The Morgan fingerprint density at radius 1 is 0.591 bits per heavy atom. The molecule has 4 heterocycles. The Kier molecular flexibility index (Phi) is 2.91. The zero-order valence-corrected chi connectivity index (χ0v) is 13.7. The smallest absolute Gasteiger partial charge is 0.297 e. The molecule has 4 rings (SSSR count). The van der Waals surface area contributed by atoms with Gasteiger partial charge in [0.25, 0.3) is 0 Å². The highest BCUT2D eigenvalue weighted by molar-refractivity contribution is 5.88. The number of amides is 4. The lowest BCUT2D eigenvalue weighted by Gasteiger charge is -2.45. The van der Waals surface area contributed by atoms with Crippen molar-refractivity contribution in [3.63, 3.8) is 0 Å². The molecule has 0 aliphatic carbocycles. The van der Waals surface area contributed by atoms with Gasteiger partial charge in [0, 0.05) is 26.2 Å². The number of hydrogen-bond acceptors (Lipinski definition) is 2. The number of urea groups is 2. The third-order valence-corrected chi connectivity index (χ3v) is 6.45. The normalized spacial score (nSPS) is 38.6. The van der Waals surface area contributed by atoms with E-state index in [9.17, 15) is 9.59 Å². The number of carbonyl (C=O) groups excluding carboxylic acids is 2. The molecule has 0 atom stereocenters. The monoisotopic (exact) mass is 306 g/mol. The summed E-state index contributed by atoms with van der Waals surface area (Å²) in [6.45, 7) is 7.27. The summed E-state index contributed by atoms with van der Waals surface area (Å²) >= 11 is 0. The predicted octanol–water partition coefficient (Wildman–Crippen LogP) is 2.26. The highest BCUT2D eigenvalue weighted by Gasteiger charge is 2.73. The third-order valence-electron chi connectivity index (χ3n) is 6.45. The second kappa shape index (κ2) is 4.52. The van der Waals surface area contributed by atoms with Gasteiger partial charge in [-0.25, -0.2) is 9.59 Å². The molecular formula is C16H26N4O2. The largest absolute Gasteiger partial charge is 0.324 e. The van der Waals surface area contributed by atoms with Gasteiger partial charge in [0.2, 0.25) is 0 Å². The van der Waals surface area contributed by atoms with Crippen LogP contribution in [0.15, 0.2) is 0 Å². The minimum Gasteiger partial charge on any atom is -0.297 e. The molecule has 0 aromatic heterocycles. The maximum Gasteiger partial charge on any atom is 0.324 e. The van der Waals surface area contributed by atoms with Crippen molar-refractivity contribution >= 4 is 12.1 Å². The Morgan fingerprint density at radius 2 is 0.864 bits per heavy atom. The molecule has 4 saturated heterocycles. The molecule has 4 fully saturated rings. The van der Waals surface area contributed by atoms with Gasteiger partial charge in [0.15, 0.2) is 11.3 Å². The van der Waals surface area contributed by atoms with Crippen molar-refractivity contribution in [1.82, 2.24) is 19.6 Å². The van der Waals surface area contributed by atoms with Crippen molar-refractivity contribution < 1.29 is 9.59 Å².